The topological polar surface area (TPSA) is 67.3 Å². The van der Waals surface area contributed by atoms with Crippen molar-refractivity contribution in [3.05, 3.63) is 22.2 Å². The Morgan fingerprint density at radius 3 is 2.88 bits per heavy atom. The number of nitrogens with one attached hydrogen (secondary N) is 1. The Kier molecular flexibility index (Phi) is 6.66. The molecular weight excluding hydrogens is 351 g/mol. The van der Waals surface area contributed by atoms with Gasteiger partial charge in [-0.05, 0) is 57.7 Å². The zero-order chi connectivity index (χ0) is 17.7. The van der Waals surface area contributed by atoms with Gasteiger partial charge in [-0.25, -0.2) is 14.8 Å². The van der Waals surface area contributed by atoms with Gasteiger partial charge in [0.05, 0.1) is 0 Å². The van der Waals surface area contributed by atoms with Gasteiger partial charge in [0, 0.05) is 31.4 Å². The molecular formula is C16H24Cl2N4O2. The second-order valence-corrected chi connectivity index (χ2v) is 7.78. The number of carbonyl (C=O) groups excluding carboxylic acids is 1. The molecule has 1 amide bonds. The van der Waals surface area contributed by atoms with Crippen LogP contribution >= 0.6 is 23.2 Å². The molecule has 134 valence electrons. The minimum absolute atomic E-state index is 0.154. The van der Waals surface area contributed by atoms with Crippen molar-refractivity contribution in [2.24, 2.45) is 5.92 Å². The summed E-state index contributed by atoms with van der Waals surface area (Å²) in [5.74, 6) is 0.387. The number of alkyl carbamates (subject to hydrolysis) is 1. The molecule has 1 aromatic rings. The van der Waals surface area contributed by atoms with Gasteiger partial charge in [0.1, 0.15) is 10.8 Å². The van der Waals surface area contributed by atoms with Crippen LogP contribution in [0.2, 0.25) is 10.4 Å². The summed E-state index contributed by atoms with van der Waals surface area (Å²) in [5, 5.41) is 3.40. The molecule has 0 aliphatic carbocycles. The van der Waals surface area contributed by atoms with E-state index in [0.29, 0.717) is 24.2 Å². The van der Waals surface area contributed by atoms with Crippen LogP contribution in [0.15, 0.2) is 6.20 Å². The summed E-state index contributed by atoms with van der Waals surface area (Å²) in [6.45, 7) is 8.72. The van der Waals surface area contributed by atoms with Crippen molar-refractivity contribution in [1.29, 1.82) is 0 Å². The lowest BCUT2D eigenvalue weighted by atomic mass is 9.98. The van der Waals surface area contributed by atoms with E-state index in [1.165, 1.54) is 0 Å². The lowest BCUT2D eigenvalue weighted by Crippen LogP contribution is -2.42. The van der Waals surface area contributed by atoms with Gasteiger partial charge < -0.3 is 10.1 Å². The Balaban J connectivity index is 1.82. The van der Waals surface area contributed by atoms with Crippen molar-refractivity contribution in [1.82, 2.24) is 20.2 Å². The quantitative estimate of drug-likeness (QED) is 0.644. The molecule has 0 unspecified atom stereocenters. The molecule has 0 aromatic carbocycles. The number of piperidine rings is 1. The molecule has 1 aliphatic rings. The lowest BCUT2D eigenvalue weighted by molar-refractivity contribution is 0.0506. The number of likely N-dealkylation sites (tertiary alicyclic amines) is 1. The number of halogens is 2. The van der Waals surface area contributed by atoms with Gasteiger partial charge in [0.25, 0.3) is 0 Å². The zero-order valence-corrected chi connectivity index (χ0v) is 15.8. The summed E-state index contributed by atoms with van der Waals surface area (Å²) >= 11 is 11.8. The molecule has 0 bridgehead atoms. The minimum Gasteiger partial charge on any atom is -0.444 e. The molecule has 8 heteroatoms. The van der Waals surface area contributed by atoms with E-state index in [2.05, 4.69) is 20.2 Å². The molecule has 1 aliphatic heterocycles. The Morgan fingerprint density at radius 2 is 2.21 bits per heavy atom. The predicted molar refractivity (Wildman–Crippen MR) is 94.3 cm³/mol. The van der Waals surface area contributed by atoms with Crippen LogP contribution in [0.1, 0.15) is 39.2 Å². The van der Waals surface area contributed by atoms with E-state index in [9.17, 15) is 4.79 Å². The highest BCUT2D eigenvalue weighted by molar-refractivity contribution is 6.32. The molecule has 2 rings (SSSR count). The first-order valence-electron chi connectivity index (χ1n) is 8.09. The number of carbonyl (C=O) groups is 1. The Morgan fingerprint density at radius 1 is 1.46 bits per heavy atom. The normalized spacial score (nSPS) is 19.1. The van der Waals surface area contributed by atoms with Gasteiger partial charge in [-0.2, -0.15) is 0 Å². The molecule has 0 radical (unpaired) electrons. The van der Waals surface area contributed by atoms with E-state index in [4.69, 9.17) is 27.9 Å². The van der Waals surface area contributed by atoms with E-state index < -0.39 is 5.60 Å². The van der Waals surface area contributed by atoms with Crippen LogP contribution in [0.3, 0.4) is 0 Å². The Hall–Kier alpha value is -1.11. The molecule has 1 fully saturated rings. The first-order valence-corrected chi connectivity index (χ1v) is 8.84. The highest BCUT2D eigenvalue weighted by Gasteiger charge is 2.23. The van der Waals surface area contributed by atoms with Crippen molar-refractivity contribution in [2.45, 2.75) is 45.8 Å². The standard InChI is InChI=1S/C16H24Cl2N4O2/c1-16(2,3)24-15(23)20-7-11-5-4-6-22(9-11)10-12-8-19-14(18)21-13(12)17/h8,11H,4-7,9-10H2,1-3H3,(H,20,23)/t11-/m0/s1. The number of hydrogen-bond acceptors (Lipinski definition) is 5. The van der Waals surface area contributed by atoms with Gasteiger partial charge >= 0.3 is 6.09 Å². The number of aromatic nitrogens is 2. The average molecular weight is 375 g/mol. The number of ether oxygens (including phenoxy) is 1. The molecule has 2 heterocycles. The van der Waals surface area contributed by atoms with E-state index in [1.54, 1.807) is 6.20 Å². The van der Waals surface area contributed by atoms with Crippen molar-refractivity contribution in [3.8, 4) is 0 Å². The maximum atomic E-state index is 11.8. The number of amides is 1. The van der Waals surface area contributed by atoms with E-state index in [0.717, 1.165) is 31.5 Å². The van der Waals surface area contributed by atoms with Gasteiger partial charge in [-0.3, -0.25) is 4.90 Å². The first kappa shape index (κ1) is 19.2. The van der Waals surface area contributed by atoms with Gasteiger partial charge in [-0.15, -0.1) is 0 Å². The highest BCUT2D eigenvalue weighted by atomic mass is 35.5. The number of rotatable bonds is 4. The second-order valence-electron chi connectivity index (χ2n) is 7.08. The van der Waals surface area contributed by atoms with Crippen molar-refractivity contribution in [3.63, 3.8) is 0 Å². The molecule has 0 saturated carbocycles. The van der Waals surface area contributed by atoms with Crippen LogP contribution in [-0.4, -0.2) is 46.2 Å². The summed E-state index contributed by atoms with van der Waals surface area (Å²) in [5.41, 5.74) is 0.385. The van der Waals surface area contributed by atoms with Crippen LogP contribution in [0.25, 0.3) is 0 Å². The fraction of sp³-hybridized carbons (Fsp3) is 0.688. The largest absolute Gasteiger partial charge is 0.444 e. The lowest BCUT2D eigenvalue weighted by Gasteiger charge is -2.33. The van der Waals surface area contributed by atoms with E-state index in [1.807, 2.05) is 20.8 Å². The van der Waals surface area contributed by atoms with Crippen LogP contribution in [0, 0.1) is 5.92 Å². The van der Waals surface area contributed by atoms with E-state index >= 15 is 0 Å². The SMILES string of the molecule is CC(C)(C)OC(=O)NC[C@@H]1CCCN(Cc2cnc(Cl)nc2Cl)C1. The molecule has 1 aromatic heterocycles. The zero-order valence-electron chi connectivity index (χ0n) is 14.3. The fourth-order valence-corrected chi connectivity index (χ4v) is 3.08. The molecule has 1 saturated heterocycles. The van der Waals surface area contributed by atoms with Gasteiger partial charge in [0.15, 0.2) is 0 Å². The summed E-state index contributed by atoms with van der Waals surface area (Å²) in [7, 11) is 0. The van der Waals surface area contributed by atoms with Crippen molar-refractivity contribution >= 4 is 29.3 Å². The maximum absolute atomic E-state index is 11.8. The van der Waals surface area contributed by atoms with Crippen molar-refractivity contribution in [2.75, 3.05) is 19.6 Å². The average Bonchev–Trinajstić information content (AvgIpc) is 2.47. The Bertz CT molecular complexity index is 578. The predicted octanol–water partition coefficient (Wildman–Crippen LogP) is 3.52. The van der Waals surface area contributed by atoms with Gasteiger partial charge in [0.2, 0.25) is 5.28 Å². The summed E-state index contributed by atoms with van der Waals surface area (Å²) in [6, 6.07) is 0. The first-order chi connectivity index (χ1) is 11.2. The highest BCUT2D eigenvalue weighted by Crippen LogP contribution is 2.21. The molecule has 1 N–H and O–H groups in total. The van der Waals surface area contributed by atoms with Crippen LogP contribution in [-0.2, 0) is 11.3 Å². The van der Waals surface area contributed by atoms with Crippen molar-refractivity contribution < 1.29 is 9.53 Å². The molecule has 24 heavy (non-hydrogen) atoms. The minimum atomic E-state index is -0.478. The fourth-order valence-electron chi connectivity index (χ4n) is 2.72. The second kappa shape index (κ2) is 8.32. The smallest absolute Gasteiger partial charge is 0.407 e. The van der Waals surface area contributed by atoms with E-state index in [-0.39, 0.29) is 11.4 Å². The number of hydrogen-bond donors (Lipinski definition) is 1. The number of nitrogens with zero attached hydrogens (tertiary/aromatic N) is 3. The van der Waals surface area contributed by atoms with Gasteiger partial charge in [-0.1, -0.05) is 11.6 Å². The third kappa shape index (κ3) is 6.42. The van der Waals surface area contributed by atoms with Crippen LogP contribution < -0.4 is 5.32 Å². The van der Waals surface area contributed by atoms with Crippen LogP contribution in [0.5, 0.6) is 0 Å². The molecule has 1 atom stereocenters. The maximum Gasteiger partial charge on any atom is 0.407 e. The molecule has 6 nitrogen and oxygen atoms in total. The third-order valence-corrected chi connectivity index (χ3v) is 4.22. The third-order valence-electron chi connectivity index (χ3n) is 3.71. The van der Waals surface area contributed by atoms with Crippen LogP contribution in [0.4, 0.5) is 4.79 Å². The summed E-state index contributed by atoms with van der Waals surface area (Å²) in [6.07, 6.45) is 3.46. The molecule has 0 spiro atoms. The summed E-state index contributed by atoms with van der Waals surface area (Å²) < 4.78 is 5.27. The summed E-state index contributed by atoms with van der Waals surface area (Å²) in [4.78, 5) is 22.0. The monoisotopic (exact) mass is 374 g/mol. The Labute approximate surface area is 152 Å².